The summed E-state index contributed by atoms with van der Waals surface area (Å²) in [5.74, 6) is -0.106. The van der Waals surface area contributed by atoms with Crippen molar-refractivity contribution in [1.82, 2.24) is 14.4 Å². The van der Waals surface area contributed by atoms with E-state index in [4.69, 9.17) is 0 Å². The van der Waals surface area contributed by atoms with Crippen LogP contribution in [-0.4, -0.2) is 46.5 Å². The number of hydrogen-bond donors (Lipinski definition) is 0. The maximum Gasteiger partial charge on any atom is 0.270 e. The minimum Gasteiger partial charge on any atom is -0.347 e. The van der Waals surface area contributed by atoms with Crippen LogP contribution in [0.2, 0.25) is 0 Å². The van der Waals surface area contributed by atoms with Crippen molar-refractivity contribution in [1.29, 1.82) is 0 Å². The standard InChI is InChI=1S/C18H22FN3O/c1-20-9-2-4-17(20)18(23)22-11-3-10-21(12-13-22)14-15-5-7-16(19)8-6-15/h2,4-9H,3,10-14H2,1H3. The molecule has 5 heteroatoms. The van der Waals surface area contributed by atoms with E-state index in [-0.39, 0.29) is 11.7 Å². The molecule has 1 fully saturated rings. The highest BCUT2D eigenvalue weighted by Gasteiger charge is 2.21. The van der Waals surface area contributed by atoms with E-state index in [0.717, 1.165) is 50.4 Å². The van der Waals surface area contributed by atoms with Gasteiger partial charge in [0.25, 0.3) is 5.91 Å². The fourth-order valence-corrected chi connectivity index (χ4v) is 3.03. The number of carbonyl (C=O) groups is 1. The van der Waals surface area contributed by atoms with Crippen LogP contribution in [-0.2, 0) is 13.6 Å². The van der Waals surface area contributed by atoms with Gasteiger partial charge in [0.1, 0.15) is 11.5 Å². The van der Waals surface area contributed by atoms with Gasteiger partial charge in [-0.05, 0) is 36.2 Å². The number of aromatic nitrogens is 1. The fourth-order valence-electron chi connectivity index (χ4n) is 3.03. The third kappa shape index (κ3) is 3.79. The van der Waals surface area contributed by atoms with Gasteiger partial charge < -0.3 is 9.47 Å². The highest BCUT2D eigenvalue weighted by molar-refractivity contribution is 5.92. The number of rotatable bonds is 3. The summed E-state index contributed by atoms with van der Waals surface area (Å²) in [7, 11) is 1.89. The molecule has 0 spiro atoms. The minimum atomic E-state index is -0.205. The van der Waals surface area contributed by atoms with Gasteiger partial charge >= 0.3 is 0 Å². The van der Waals surface area contributed by atoms with Gasteiger partial charge in [0, 0.05) is 46.0 Å². The molecular weight excluding hydrogens is 293 g/mol. The lowest BCUT2D eigenvalue weighted by Crippen LogP contribution is -2.35. The van der Waals surface area contributed by atoms with E-state index in [1.54, 1.807) is 0 Å². The Labute approximate surface area is 136 Å². The quantitative estimate of drug-likeness (QED) is 0.871. The highest BCUT2D eigenvalue weighted by Crippen LogP contribution is 2.12. The molecular formula is C18H22FN3O. The van der Waals surface area contributed by atoms with Crippen LogP contribution in [0, 0.1) is 5.82 Å². The van der Waals surface area contributed by atoms with Crippen LogP contribution in [0.25, 0.3) is 0 Å². The number of carbonyl (C=O) groups excluding carboxylic acids is 1. The van der Waals surface area contributed by atoms with Crippen LogP contribution in [0.1, 0.15) is 22.5 Å². The van der Waals surface area contributed by atoms with E-state index in [1.165, 1.54) is 12.1 Å². The summed E-state index contributed by atoms with van der Waals surface area (Å²) in [6.07, 6.45) is 2.85. The summed E-state index contributed by atoms with van der Waals surface area (Å²) in [5, 5.41) is 0. The van der Waals surface area contributed by atoms with Gasteiger partial charge in [-0.2, -0.15) is 0 Å². The lowest BCUT2D eigenvalue weighted by Gasteiger charge is -2.22. The fraction of sp³-hybridized carbons (Fsp3) is 0.389. The van der Waals surface area contributed by atoms with E-state index in [1.807, 2.05) is 47.0 Å². The molecule has 23 heavy (non-hydrogen) atoms. The molecule has 1 amide bonds. The van der Waals surface area contributed by atoms with Crippen LogP contribution in [0.5, 0.6) is 0 Å². The maximum absolute atomic E-state index is 13.0. The van der Waals surface area contributed by atoms with Gasteiger partial charge in [-0.25, -0.2) is 4.39 Å². The Hall–Kier alpha value is -2.14. The molecule has 0 bridgehead atoms. The first kappa shape index (κ1) is 15.7. The van der Waals surface area contributed by atoms with Gasteiger partial charge in [-0.15, -0.1) is 0 Å². The van der Waals surface area contributed by atoms with Crippen LogP contribution in [0.15, 0.2) is 42.6 Å². The summed E-state index contributed by atoms with van der Waals surface area (Å²) in [4.78, 5) is 16.8. The first-order chi connectivity index (χ1) is 11.1. The van der Waals surface area contributed by atoms with E-state index in [2.05, 4.69) is 4.90 Å². The van der Waals surface area contributed by atoms with Crippen LogP contribution in [0.3, 0.4) is 0 Å². The molecule has 3 rings (SSSR count). The van der Waals surface area contributed by atoms with Crippen molar-refractivity contribution in [2.24, 2.45) is 7.05 Å². The van der Waals surface area contributed by atoms with Crippen LogP contribution < -0.4 is 0 Å². The Balaban J connectivity index is 1.60. The summed E-state index contributed by atoms with van der Waals surface area (Å²) >= 11 is 0. The molecule has 1 aromatic heterocycles. The van der Waals surface area contributed by atoms with Gasteiger partial charge in [0.2, 0.25) is 0 Å². The highest BCUT2D eigenvalue weighted by atomic mass is 19.1. The zero-order chi connectivity index (χ0) is 16.2. The van der Waals surface area contributed by atoms with Crippen molar-refractivity contribution in [2.45, 2.75) is 13.0 Å². The van der Waals surface area contributed by atoms with E-state index in [0.29, 0.717) is 0 Å². The molecule has 2 heterocycles. The average Bonchev–Trinajstić information content (AvgIpc) is 2.84. The Morgan fingerprint density at radius 2 is 1.87 bits per heavy atom. The second-order valence-corrected chi connectivity index (χ2v) is 6.05. The Morgan fingerprint density at radius 1 is 1.09 bits per heavy atom. The second kappa shape index (κ2) is 6.96. The maximum atomic E-state index is 13.0. The SMILES string of the molecule is Cn1cccc1C(=O)N1CCCN(Cc2ccc(F)cc2)CC1. The Morgan fingerprint density at radius 3 is 2.57 bits per heavy atom. The summed E-state index contributed by atoms with van der Waals surface area (Å²) < 4.78 is 14.8. The number of benzene rings is 1. The summed E-state index contributed by atoms with van der Waals surface area (Å²) in [5.41, 5.74) is 1.84. The molecule has 2 aromatic rings. The van der Waals surface area contributed by atoms with Gasteiger partial charge in [-0.3, -0.25) is 9.69 Å². The van der Waals surface area contributed by atoms with Crippen LogP contribution in [0.4, 0.5) is 4.39 Å². The van der Waals surface area contributed by atoms with Crippen molar-refractivity contribution in [3.63, 3.8) is 0 Å². The first-order valence-corrected chi connectivity index (χ1v) is 8.01. The normalized spacial score (nSPS) is 16.3. The molecule has 0 atom stereocenters. The number of nitrogens with zero attached hydrogens (tertiary/aromatic N) is 3. The summed E-state index contributed by atoms with van der Waals surface area (Å²) in [6.45, 7) is 4.10. The molecule has 0 aliphatic carbocycles. The molecule has 0 N–H and O–H groups in total. The predicted octanol–water partition coefficient (Wildman–Crippen LogP) is 2.51. The average molecular weight is 315 g/mol. The van der Waals surface area contributed by atoms with E-state index >= 15 is 0 Å². The van der Waals surface area contributed by atoms with Crippen molar-refractivity contribution >= 4 is 5.91 Å². The molecule has 0 saturated carbocycles. The number of hydrogen-bond acceptors (Lipinski definition) is 2. The van der Waals surface area contributed by atoms with E-state index < -0.39 is 0 Å². The molecule has 0 radical (unpaired) electrons. The number of aryl methyl sites for hydroxylation is 1. The van der Waals surface area contributed by atoms with Crippen molar-refractivity contribution < 1.29 is 9.18 Å². The van der Waals surface area contributed by atoms with Crippen LogP contribution >= 0.6 is 0 Å². The van der Waals surface area contributed by atoms with Crippen molar-refractivity contribution in [3.8, 4) is 0 Å². The minimum absolute atomic E-state index is 0.0983. The zero-order valence-corrected chi connectivity index (χ0v) is 13.4. The molecule has 0 unspecified atom stereocenters. The second-order valence-electron chi connectivity index (χ2n) is 6.05. The Bertz CT molecular complexity index is 665. The number of amides is 1. The molecule has 122 valence electrons. The van der Waals surface area contributed by atoms with Gasteiger partial charge in [0.05, 0.1) is 0 Å². The first-order valence-electron chi connectivity index (χ1n) is 8.01. The monoisotopic (exact) mass is 315 g/mol. The predicted molar refractivity (Wildman–Crippen MR) is 87.6 cm³/mol. The molecule has 1 aliphatic rings. The third-order valence-corrected chi connectivity index (χ3v) is 4.36. The third-order valence-electron chi connectivity index (χ3n) is 4.36. The largest absolute Gasteiger partial charge is 0.347 e. The van der Waals surface area contributed by atoms with Gasteiger partial charge in [-0.1, -0.05) is 12.1 Å². The van der Waals surface area contributed by atoms with Crippen molar-refractivity contribution in [3.05, 3.63) is 59.7 Å². The molecule has 4 nitrogen and oxygen atoms in total. The smallest absolute Gasteiger partial charge is 0.270 e. The lowest BCUT2D eigenvalue weighted by atomic mass is 10.2. The molecule has 1 aromatic carbocycles. The Kier molecular flexibility index (Phi) is 4.76. The van der Waals surface area contributed by atoms with Gasteiger partial charge in [0.15, 0.2) is 0 Å². The van der Waals surface area contributed by atoms with Crippen molar-refractivity contribution in [2.75, 3.05) is 26.2 Å². The number of halogens is 1. The van der Waals surface area contributed by atoms with E-state index in [9.17, 15) is 9.18 Å². The lowest BCUT2D eigenvalue weighted by molar-refractivity contribution is 0.0751. The molecule has 1 aliphatic heterocycles. The zero-order valence-electron chi connectivity index (χ0n) is 13.4. The topological polar surface area (TPSA) is 28.5 Å². The molecule has 1 saturated heterocycles. The summed E-state index contributed by atoms with van der Waals surface area (Å²) in [6, 6.07) is 10.4.